The Morgan fingerprint density at radius 3 is 1.00 bits per heavy atom. The molecule has 0 aliphatic heterocycles. The Balaban J connectivity index is -0.0000000300. The summed E-state index contributed by atoms with van der Waals surface area (Å²) in [5, 5.41) is -0.500. The fraction of sp³-hybridized carbons (Fsp3) is 0.500. The molecule has 10 heavy (non-hydrogen) atoms. The molecule has 0 N–H and O–H groups in total. The monoisotopic (exact) mass is 212 g/mol. The molecule has 0 spiro atoms. The summed E-state index contributed by atoms with van der Waals surface area (Å²) in [7, 11) is 0. The summed E-state index contributed by atoms with van der Waals surface area (Å²) in [5.74, 6) is 0. The zero-order chi connectivity index (χ0) is 7.15. The molecule has 0 aromatic carbocycles. The molecule has 0 amide bonds. The van der Waals surface area contributed by atoms with Gasteiger partial charge in [-0.25, -0.2) is 0 Å². The molecule has 0 rings (SSSR count). The minimum Gasteiger partial charge on any atom is -0.742 e. The van der Waals surface area contributed by atoms with Gasteiger partial charge in [0.25, 0.3) is 0 Å². The van der Waals surface area contributed by atoms with Crippen LogP contribution < -0.4 is 80.9 Å². The van der Waals surface area contributed by atoms with Gasteiger partial charge >= 0.3 is 80.9 Å². The van der Waals surface area contributed by atoms with E-state index in [1.807, 2.05) is 0 Å². The minimum absolute atomic E-state index is 0. The van der Waals surface area contributed by atoms with Crippen LogP contribution in [0.4, 0.5) is 0 Å². The van der Waals surface area contributed by atoms with Gasteiger partial charge < -0.3 is 34.8 Å². The van der Waals surface area contributed by atoms with E-state index in [2.05, 4.69) is 25.3 Å². The first-order valence-corrected chi connectivity index (χ1v) is 2.63. The van der Waals surface area contributed by atoms with E-state index in [0.717, 1.165) is 0 Å². The van der Waals surface area contributed by atoms with Gasteiger partial charge in [-0.15, -0.1) is 0 Å². The molecule has 0 aliphatic carbocycles. The summed E-state index contributed by atoms with van der Waals surface area (Å²) >= 11 is 7.96. The topological polar surface area (TPSA) is 34.1 Å². The zero-order valence-corrected chi connectivity index (χ0v) is 13.4. The molecule has 2 nitrogen and oxygen atoms in total. The van der Waals surface area contributed by atoms with Crippen molar-refractivity contribution in [3.8, 4) is 0 Å². The Bertz CT molecular complexity index is 79.3. The quantitative estimate of drug-likeness (QED) is 0.296. The summed E-state index contributed by atoms with van der Waals surface area (Å²) in [4.78, 5) is 18.5. The molecule has 48 valence electrons. The maximum absolute atomic E-state index is 9.26. The van der Waals surface area contributed by atoms with E-state index in [4.69, 9.17) is 0 Å². The van der Waals surface area contributed by atoms with Crippen molar-refractivity contribution >= 4 is 35.5 Å². The molecule has 0 atom stereocenters. The summed E-state index contributed by atoms with van der Waals surface area (Å²) in [6.07, 6.45) is 0. The van der Waals surface area contributed by atoms with Crippen LogP contribution in [0.15, 0.2) is 0 Å². The Morgan fingerprint density at radius 1 is 1.00 bits per heavy atom. The summed E-state index contributed by atoms with van der Waals surface area (Å²) in [5.41, 5.74) is 0. The molecule has 0 aromatic rings. The molecule has 0 aliphatic rings. The number of rotatable bonds is 0. The van der Waals surface area contributed by atoms with Crippen LogP contribution in [-0.2, 0) is 34.8 Å². The number of carbonyl (C=O) groups is 2. The maximum atomic E-state index is 9.26. The van der Waals surface area contributed by atoms with Crippen molar-refractivity contribution in [3.63, 3.8) is 0 Å². The molecule has 0 saturated carbocycles. The fourth-order valence-electron chi connectivity index (χ4n) is 0. The van der Waals surface area contributed by atoms with Crippen LogP contribution >= 0.6 is 0 Å². The Kier molecular flexibility index (Phi) is 39.9. The molecule has 0 unspecified atom stereocenters. The molecule has 0 fully saturated rings. The number of hydrogen-bond donors (Lipinski definition) is 0. The molecule has 0 aromatic heterocycles. The first-order chi connectivity index (χ1) is 3.46. The van der Waals surface area contributed by atoms with E-state index in [1.54, 1.807) is 0 Å². The first-order valence-electron chi connectivity index (χ1n) is 1.82. The van der Waals surface area contributed by atoms with Crippen molar-refractivity contribution in [2.45, 2.75) is 13.8 Å². The van der Waals surface area contributed by atoms with Gasteiger partial charge in [0, 0.05) is 10.2 Å². The van der Waals surface area contributed by atoms with Gasteiger partial charge in [0.2, 0.25) is 0 Å². The zero-order valence-electron chi connectivity index (χ0n) is 6.63. The number of hydrogen-bond acceptors (Lipinski definition) is 4. The molecular formula is C4H6KNaO2S2. The Labute approximate surface area is 137 Å². The Morgan fingerprint density at radius 2 is 1.00 bits per heavy atom. The average Bonchev–Trinajstić information content (AvgIpc) is 1.25. The van der Waals surface area contributed by atoms with Gasteiger partial charge in [-0.3, -0.25) is 0 Å². The van der Waals surface area contributed by atoms with Crippen molar-refractivity contribution in [2.75, 3.05) is 0 Å². The Hall–Kier alpha value is 2.42. The van der Waals surface area contributed by atoms with E-state index in [1.165, 1.54) is 13.8 Å². The van der Waals surface area contributed by atoms with Gasteiger partial charge in [-0.1, -0.05) is 0 Å². The van der Waals surface area contributed by atoms with E-state index in [-0.39, 0.29) is 91.2 Å². The smallest absolute Gasteiger partial charge is 0.742 e. The van der Waals surface area contributed by atoms with Crippen molar-refractivity contribution in [2.24, 2.45) is 0 Å². The van der Waals surface area contributed by atoms with E-state index in [9.17, 15) is 9.59 Å². The second-order valence-electron chi connectivity index (χ2n) is 0.983. The summed E-state index contributed by atoms with van der Waals surface area (Å²) < 4.78 is 0. The maximum Gasteiger partial charge on any atom is 1.00 e. The van der Waals surface area contributed by atoms with E-state index >= 15 is 0 Å². The standard InChI is InChI=1S/2C2H4OS.K.Na/c2*1-2(3)4;;/h2*1H3,(H,3,4);;/q;;2*+1/p-2. The largest absolute Gasteiger partial charge is 1.00 e. The van der Waals surface area contributed by atoms with Crippen LogP contribution in [0.1, 0.15) is 13.8 Å². The third-order valence-corrected chi connectivity index (χ3v) is 0. The molecule has 0 bridgehead atoms. The first kappa shape index (κ1) is 22.8. The predicted octanol–water partition coefficient (Wildman–Crippen LogP) is -5.83. The van der Waals surface area contributed by atoms with E-state index in [0.29, 0.717) is 0 Å². The van der Waals surface area contributed by atoms with Crippen molar-refractivity contribution < 1.29 is 90.5 Å². The van der Waals surface area contributed by atoms with Crippen LogP contribution in [0.5, 0.6) is 0 Å². The molecule has 0 heterocycles. The summed E-state index contributed by atoms with van der Waals surface area (Å²) in [6, 6.07) is 0. The molecular weight excluding hydrogens is 206 g/mol. The van der Waals surface area contributed by atoms with Crippen molar-refractivity contribution in [1.29, 1.82) is 0 Å². The second-order valence-corrected chi connectivity index (χ2v) is 2.13. The average molecular weight is 212 g/mol. The molecule has 6 heteroatoms. The predicted molar refractivity (Wildman–Crippen MR) is 36.1 cm³/mol. The minimum atomic E-state index is -0.250. The third kappa shape index (κ3) is 158. The normalized spacial score (nSPS) is 5.00. The van der Waals surface area contributed by atoms with Crippen molar-refractivity contribution in [1.82, 2.24) is 0 Å². The second kappa shape index (κ2) is 17.5. The van der Waals surface area contributed by atoms with Crippen LogP contribution in [0.25, 0.3) is 0 Å². The van der Waals surface area contributed by atoms with Crippen LogP contribution in [0.3, 0.4) is 0 Å². The van der Waals surface area contributed by atoms with E-state index < -0.39 is 0 Å². The third-order valence-electron chi connectivity index (χ3n) is 0. The van der Waals surface area contributed by atoms with Gasteiger partial charge in [0.05, 0.1) is 0 Å². The molecule has 0 radical (unpaired) electrons. The van der Waals surface area contributed by atoms with Gasteiger partial charge in [-0.05, 0) is 13.8 Å². The van der Waals surface area contributed by atoms with Gasteiger partial charge in [0.15, 0.2) is 0 Å². The van der Waals surface area contributed by atoms with Crippen LogP contribution in [0.2, 0.25) is 0 Å². The van der Waals surface area contributed by atoms with Crippen LogP contribution in [-0.4, -0.2) is 10.2 Å². The van der Waals surface area contributed by atoms with Crippen molar-refractivity contribution in [3.05, 3.63) is 0 Å². The SMILES string of the molecule is CC(=O)[S-].CC(=O)[S-].[K+].[Na+]. The molecule has 0 saturated heterocycles. The summed E-state index contributed by atoms with van der Waals surface area (Å²) in [6.45, 7) is 2.69. The fourth-order valence-corrected chi connectivity index (χ4v) is 0. The number of carbonyl (C=O) groups excluding carboxylic acids is 2. The van der Waals surface area contributed by atoms with Gasteiger partial charge in [0.1, 0.15) is 0 Å². The van der Waals surface area contributed by atoms with Gasteiger partial charge in [-0.2, -0.15) is 0 Å². The van der Waals surface area contributed by atoms with Crippen LogP contribution in [0, 0.1) is 0 Å².